The number of alkyl halides is 3. The zero-order chi connectivity index (χ0) is 14.0. The summed E-state index contributed by atoms with van der Waals surface area (Å²) in [6.07, 6.45) is -3.10. The molecule has 1 heterocycles. The number of nitrogens with one attached hydrogen (secondary N) is 2. The van der Waals surface area contributed by atoms with Gasteiger partial charge in [0.05, 0.1) is 11.8 Å². The van der Waals surface area contributed by atoms with E-state index in [1.54, 1.807) is 10.3 Å². The Balaban J connectivity index is 2.77. The van der Waals surface area contributed by atoms with Gasteiger partial charge in [-0.05, 0) is 12.1 Å². The predicted molar refractivity (Wildman–Crippen MR) is 54.7 cm³/mol. The van der Waals surface area contributed by atoms with Crippen LogP contribution in [0.15, 0.2) is 18.3 Å². The fourth-order valence-corrected chi connectivity index (χ4v) is 1.19. The molecule has 100 valence electrons. The van der Waals surface area contributed by atoms with E-state index >= 15 is 0 Å². The summed E-state index contributed by atoms with van der Waals surface area (Å²) in [5.41, 5.74) is 0.446. The second-order valence-electron chi connectivity index (χ2n) is 3.26. The molecule has 0 aromatic carbocycles. The van der Waals surface area contributed by atoms with Crippen LogP contribution in [0.3, 0.4) is 0 Å². The number of hydrogen-bond donors (Lipinski definition) is 2. The molecule has 1 aromatic rings. The van der Waals surface area contributed by atoms with Crippen molar-refractivity contribution in [2.75, 3.05) is 6.26 Å². The summed E-state index contributed by atoms with van der Waals surface area (Å²) < 4.78 is 57.8. The number of pyridine rings is 1. The minimum absolute atomic E-state index is 0.209. The van der Waals surface area contributed by atoms with Gasteiger partial charge in [-0.15, -0.1) is 4.83 Å². The minimum Gasteiger partial charge on any atom is -0.274 e. The number of sulfonamides is 1. The summed E-state index contributed by atoms with van der Waals surface area (Å²) >= 11 is 0. The molecule has 0 radical (unpaired) electrons. The summed E-state index contributed by atoms with van der Waals surface area (Å²) in [5.74, 6) is -0.915. The molecule has 10 heteroatoms. The first-order chi connectivity index (χ1) is 8.09. The molecule has 0 aliphatic heterocycles. The van der Waals surface area contributed by atoms with Crippen molar-refractivity contribution in [3.8, 4) is 0 Å². The van der Waals surface area contributed by atoms with Gasteiger partial charge in [-0.1, -0.05) is 0 Å². The molecule has 0 atom stereocenters. The lowest BCUT2D eigenvalue weighted by molar-refractivity contribution is -0.141. The standard InChI is InChI=1S/C8H8F3N3O3S/c1-18(16,17)14-13-7(15)5-2-3-6(12-4-5)8(9,10)11/h2-4,14H,1H3,(H,13,15). The van der Waals surface area contributed by atoms with Crippen LogP contribution in [0.2, 0.25) is 0 Å². The van der Waals surface area contributed by atoms with Gasteiger partial charge in [0.1, 0.15) is 5.69 Å². The molecule has 0 bridgehead atoms. The molecule has 1 amide bonds. The van der Waals surface area contributed by atoms with Crippen molar-refractivity contribution in [3.63, 3.8) is 0 Å². The van der Waals surface area contributed by atoms with Crippen molar-refractivity contribution < 1.29 is 26.4 Å². The van der Waals surface area contributed by atoms with Crippen LogP contribution in [0.4, 0.5) is 13.2 Å². The van der Waals surface area contributed by atoms with Crippen molar-refractivity contribution in [1.29, 1.82) is 0 Å². The second-order valence-corrected chi connectivity index (χ2v) is 5.01. The SMILES string of the molecule is CS(=O)(=O)NNC(=O)c1ccc(C(F)(F)F)nc1. The molecule has 18 heavy (non-hydrogen) atoms. The lowest BCUT2D eigenvalue weighted by atomic mass is 10.2. The van der Waals surface area contributed by atoms with Crippen LogP contribution < -0.4 is 10.3 Å². The third kappa shape index (κ3) is 4.30. The van der Waals surface area contributed by atoms with Gasteiger partial charge < -0.3 is 0 Å². The van der Waals surface area contributed by atoms with Crippen LogP contribution in [-0.2, 0) is 16.2 Å². The Bertz CT molecular complexity index is 539. The minimum atomic E-state index is -4.60. The summed E-state index contributed by atoms with van der Waals surface area (Å²) in [6, 6.07) is 1.50. The average molecular weight is 283 g/mol. The number of aromatic nitrogens is 1. The number of hydrazine groups is 1. The number of rotatable bonds is 3. The predicted octanol–water partition coefficient (Wildman–Crippen LogP) is 0.294. The van der Waals surface area contributed by atoms with Crippen molar-refractivity contribution >= 4 is 15.9 Å². The lowest BCUT2D eigenvalue weighted by Crippen LogP contribution is -2.40. The van der Waals surface area contributed by atoms with Crippen LogP contribution in [-0.4, -0.2) is 25.6 Å². The molecule has 1 rings (SSSR count). The van der Waals surface area contributed by atoms with E-state index in [-0.39, 0.29) is 5.56 Å². The van der Waals surface area contributed by atoms with Gasteiger partial charge in [-0.2, -0.15) is 13.2 Å². The van der Waals surface area contributed by atoms with E-state index in [1.165, 1.54) is 0 Å². The van der Waals surface area contributed by atoms with E-state index in [0.29, 0.717) is 12.3 Å². The normalized spacial score (nSPS) is 12.2. The molecule has 0 saturated heterocycles. The molecule has 0 spiro atoms. The zero-order valence-corrected chi connectivity index (χ0v) is 9.76. The van der Waals surface area contributed by atoms with Gasteiger partial charge in [-0.25, -0.2) is 8.42 Å². The van der Waals surface area contributed by atoms with E-state index in [1.807, 2.05) is 0 Å². The Labute approximate surface area is 100 Å². The maximum Gasteiger partial charge on any atom is 0.433 e. The lowest BCUT2D eigenvalue weighted by Gasteiger charge is -2.07. The largest absolute Gasteiger partial charge is 0.433 e. The Kier molecular flexibility index (Phi) is 3.92. The van der Waals surface area contributed by atoms with Gasteiger partial charge in [-0.3, -0.25) is 15.2 Å². The molecule has 0 fully saturated rings. The Morgan fingerprint density at radius 3 is 2.33 bits per heavy atom. The molecule has 1 aromatic heterocycles. The van der Waals surface area contributed by atoms with Crippen LogP contribution >= 0.6 is 0 Å². The summed E-state index contributed by atoms with van der Waals surface area (Å²) in [4.78, 5) is 16.0. The molecular formula is C8H8F3N3O3S. The first kappa shape index (κ1) is 14.4. The molecule has 6 nitrogen and oxygen atoms in total. The fraction of sp³-hybridized carbons (Fsp3) is 0.250. The first-order valence-corrected chi connectivity index (χ1v) is 6.29. The quantitative estimate of drug-likeness (QED) is 0.781. The first-order valence-electron chi connectivity index (χ1n) is 4.40. The molecule has 0 aliphatic rings. The van der Waals surface area contributed by atoms with E-state index in [0.717, 1.165) is 12.3 Å². The van der Waals surface area contributed by atoms with Crippen LogP contribution in [0.1, 0.15) is 16.1 Å². The van der Waals surface area contributed by atoms with Gasteiger partial charge in [0.25, 0.3) is 5.91 Å². The third-order valence-electron chi connectivity index (χ3n) is 1.67. The molecule has 0 aliphatic carbocycles. The van der Waals surface area contributed by atoms with Gasteiger partial charge in [0.15, 0.2) is 0 Å². The van der Waals surface area contributed by atoms with Crippen molar-refractivity contribution in [2.24, 2.45) is 0 Å². The monoisotopic (exact) mass is 283 g/mol. The van der Waals surface area contributed by atoms with Crippen LogP contribution in [0.5, 0.6) is 0 Å². The van der Waals surface area contributed by atoms with Crippen LogP contribution in [0, 0.1) is 0 Å². The highest BCUT2D eigenvalue weighted by Crippen LogP contribution is 2.27. The number of carbonyl (C=O) groups excluding carboxylic acids is 1. The number of carbonyl (C=O) groups is 1. The van der Waals surface area contributed by atoms with Gasteiger partial charge in [0, 0.05) is 6.20 Å². The van der Waals surface area contributed by atoms with E-state index in [2.05, 4.69) is 4.98 Å². The molecule has 2 N–H and O–H groups in total. The fourth-order valence-electron chi connectivity index (χ4n) is 0.907. The van der Waals surface area contributed by atoms with E-state index in [4.69, 9.17) is 0 Å². The number of hydrogen-bond acceptors (Lipinski definition) is 4. The molecule has 0 unspecified atom stereocenters. The Morgan fingerprint density at radius 1 is 1.33 bits per heavy atom. The van der Waals surface area contributed by atoms with Crippen LogP contribution in [0.25, 0.3) is 0 Å². The zero-order valence-electron chi connectivity index (χ0n) is 8.95. The van der Waals surface area contributed by atoms with Gasteiger partial charge in [0.2, 0.25) is 10.0 Å². The number of halogens is 3. The van der Waals surface area contributed by atoms with Crippen molar-refractivity contribution in [3.05, 3.63) is 29.6 Å². The van der Waals surface area contributed by atoms with Crippen molar-refractivity contribution in [2.45, 2.75) is 6.18 Å². The van der Waals surface area contributed by atoms with Crippen molar-refractivity contribution in [1.82, 2.24) is 15.2 Å². The summed E-state index contributed by atoms with van der Waals surface area (Å²) in [6.45, 7) is 0. The highest BCUT2D eigenvalue weighted by Gasteiger charge is 2.32. The highest BCUT2D eigenvalue weighted by atomic mass is 32.2. The summed E-state index contributed by atoms with van der Waals surface area (Å²) in [7, 11) is -3.64. The number of nitrogens with zero attached hydrogens (tertiary/aromatic N) is 1. The smallest absolute Gasteiger partial charge is 0.274 e. The highest BCUT2D eigenvalue weighted by molar-refractivity contribution is 7.88. The van der Waals surface area contributed by atoms with E-state index in [9.17, 15) is 26.4 Å². The number of amides is 1. The van der Waals surface area contributed by atoms with Gasteiger partial charge >= 0.3 is 6.18 Å². The maximum absolute atomic E-state index is 12.2. The second kappa shape index (κ2) is 4.90. The third-order valence-corrected chi connectivity index (χ3v) is 2.14. The van der Waals surface area contributed by atoms with E-state index < -0.39 is 27.8 Å². The Hall–Kier alpha value is -1.68. The molecule has 0 saturated carbocycles. The Morgan fingerprint density at radius 2 is 1.94 bits per heavy atom. The summed E-state index contributed by atoms with van der Waals surface area (Å²) in [5, 5.41) is 0. The maximum atomic E-state index is 12.2. The average Bonchev–Trinajstić information content (AvgIpc) is 2.24. The molecular weight excluding hydrogens is 275 g/mol. The topological polar surface area (TPSA) is 88.2 Å².